The van der Waals surface area contributed by atoms with E-state index in [1.165, 1.54) is 6.20 Å². The zero-order valence-electron chi connectivity index (χ0n) is 11.4. The predicted octanol–water partition coefficient (Wildman–Crippen LogP) is 1.73. The Labute approximate surface area is 116 Å². The second-order valence-electron chi connectivity index (χ2n) is 4.05. The molecular weight excluding hydrogens is 260 g/mol. The maximum absolute atomic E-state index is 12.0. The molecular formula is C14H16N2O4. The van der Waals surface area contributed by atoms with E-state index in [2.05, 4.69) is 10.5 Å². The molecule has 1 aromatic heterocycles. The molecule has 0 aliphatic carbocycles. The number of benzene rings is 1. The van der Waals surface area contributed by atoms with Crippen LogP contribution >= 0.6 is 0 Å². The molecule has 0 fully saturated rings. The molecule has 1 heterocycles. The number of hydrogen-bond acceptors (Lipinski definition) is 5. The van der Waals surface area contributed by atoms with E-state index >= 15 is 0 Å². The van der Waals surface area contributed by atoms with Crippen LogP contribution < -0.4 is 10.1 Å². The van der Waals surface area contributed by atoms with Crippen LogP contribution in [0.5, 0.6) is 5.75 Å². The van der Waals surface area contributed by atoms with Crippen molar-refractivity contribution in [3.63, 3.8) is 0 Å². The first-order valence-corrected chi connectivity index (χ1v) is 6.12. The van der Waals surface area contributed by atoms with Gasteiger partial charge in [-0.2, -0.15) is 0 Å². The molecule has 0 aliphatic rings. The van der Waals surface area contributed by atoms with E-state index in [4.69, 9.17) is 14.0 Å². The molecule has 0 saturated heterocycles. The minimum absolute atomic E-state index is 0.242. The van der Waals surface area contributed by atoms with E-state index in [0.717, 1.165) is 11.3 Å². The minimum Gasteiger partial charge on any atom is -0.497 e. The molecule has 106 valence electrons. The molecule has 2 aromatic rings. The Kier molecular flexibility index (Phi) is 4.73. The highest BCUT2D eigenvalue weighted by atomic mass is 16.5. The number of rotatable bonds is 6. The monoisotopic (exact) mass is 276 g/mol. The van der Waals surface area contributed by atoms with Crippen molar-refractivity contribution in [2.24, 2.45) is 0 Å². The molecule has 0 atom stereocenters. The van der Waals surface area contributed by atoms with Gasteiger partial charge in [0.25, 0.3) is 5.91 Å². The number of ether oxygens (including phenoxy) is 2. The highest BCUT2D eigenvalue weighted by Crippen LogP contribution is 2.25. The first kappa shape index (κ1) is 14.1. The van der Waals surface area contributed by atoms with E-state index in [1.54, 1.807) is 26.4 Å². The lowest BCUT2D eigenvalue weighted by Gasteiger charge is -2.04. The Hall–Kier alpha value is -2.34. The fourth-order valence-electron chi connectivity index (χ4n) is 1.71. The van der Waals surface area contributed by atoms with Crippen molar-refractivity contribution in [3.05, 3.63) is 36.0 Å². The molecule has 0 radical (unpaired) electrons. The fraction of sp³-hybridized carbons (Fsp3) is 0.286. The van der Waals surface area contributed by atoms with Gasteiger partial charge >= 0.3 is 0 Å². The van der Waals surface area contributed by atoms with Gasteiger partial charge in [0.1, 0.15) is 11.3 Å². The quantitative estimate of drug-likeness (QED) is 0.813. The zero-order chi connectivity index (χ0) is 14.4. The van der Waals surface area contributed by atoms with Crippen LogP contribution in [0.25, 0.3) is 11.3 Å². The Bertz CT molecular complexity index is 563. The van der Waals surface area contributed by atoms with E-state index in [1.807, 2.05) is 12.1 Å². The summed E-state index contributed by atoms with van der Waals surface area (Å²) in [6.45, 7) is 0.886. The summed E-state index contributed by atoms with van der Waals surface area (Å²) in [4.78, 5) is 12.0. The number of methoxy groups -OCH3 is 2. The molecule has 0 aliphatic heterocycles. The summed E-state index contributed by atoms with van der Waals surface area (Å²) in [5.41, 5.74) is 1.16. The number of nitrogens with one attached hydrogen (secondary N) is 1. The molecule has 0 unspecified atom stereocenters. The molecule has 1 aromatic carbocycles. The Balaban J connectivity index is 2.16. The van der Waals surface area contributed by atoms with Gasteiger partial charge in [-0.3, -0.25) is 4.79 Å². The smallest absolute Gasteiger partial charge is 0.256 e. The van der Waals surface area contributed by atoms with Gasteiger partial charge in [0.2, 0.25) is 0 Å². The molecule has 1 N–H and O–H groups in total. The predicted molar refractivity (Wildman–Crippen MR) is 72.7 cm³/mol. The summed E-state index contributed by atoms with van der Waals surface area (Å²) in [5, 5.41) is 6.42. The molecule has 6 heteroatoms. The molecule has 0 spiro atoms. The van der Waals surface area contributed by atoms with Crippen molar-refractivity contribution >= 4 is 5.91 Å². The van der Waals surface area contributed by atoms with Crippen molar-refractivity contribution in [1.29, 1.82) is 0 Å². The van der Waals surface area contributed by atoms with E-state index < -0.39 is 0 Å². The van der Waals surface area contributed by atoms with Gasteiger partial charge in [0, 0.05) is 19.2 Å². The Morgan fingerprint density at radius 3 is 2.70 bits per heavy atom. The van der Waals surface area contributed by atoms with Crippen molar-refractivity contribution < 1.29 is 18.8 Å². The van der Waals surface area contributed by atoms with Gasteiger partial charge < -0.3 is 19.3 Å². The first-order chi connectivity index (χ1) is 9.76. The summed E-state index contributed by atoms with van der Waals surface area (Å²) >= 11 is 0. The largest absolute Gasteiger partial charge is 0.497 e. The second kappa shape index (κ2) is 6.72. The average Bonchev–Trinajstić information content (AvgIpc) is 2.97. The van der Waals surface area contributed by atoms with Crippen LogP contribution in [0.3, 0.4) is 0 Å². The summed E-state index contributed by atoms with van der Waals surface area (Å²) < 4.78 is 15.1. The average molecular weight is 276 g/mol. The zero-order valence-corrected chi connectivity index (χ0v) is 11.4. The third kappa shape index (κ3) is 3.16. The van der Waals surface area contributed by atoms with Crippen LogP contribution in [-0.2, 0) is 4.74 Å². The SMILES string of the molecule is COCCNC(=O)c1cnoc1-c1ccc(OC)cc1. The van der Waals surface area contributed by atoms with Gasteiger partial charge in [-0.25, -0.2) is 0 Å². The van der Waals surface area contributed by atoms with Crippen LogP contribution in [0.15, 0.2) is 35.0 Å². The number of nitrogens with zero attached hydrogens (tertiary/aromatic N) is 1. The number of carbonyl (C=O) groups is 1. The lowest BCUT2D eigenvalue weighted by molar-refractivity contribution is 0.0937. The van der Waals surface area contributed by atoms with Crippen LogP contribution in [0.2, 0.25) is 0 Å². The molecule has 0 bridgehead atoms. The molecule has 2 rings (SSSR count). The number of carbonyl (C=O) groups excluding carboxylic acids is 1. The lowest BCUT2D eigenvalue weighted by atomic mass is 10.1. The standard InChI is InChI=1S/C14H16N2O4/c1-18-8-7-15-14(17)12-9-16-20-13(12)10-3-5-11(19-2)6-4-10/h3-6,9H,7-8H2,1-2H3,(H,15,17). The van der Waals surface area contributed by atoms with Crippen LogP contribution in [0.4, 0.5) is 0 Å². The second-order valence-corrected chi connectivity index (χ2v) is 4.05. The van der Waals surface area contributed by atoms with E-state index in [-0.39, 0.29) is 5.91 Å². The third-order valence-corrected chi connectivity index (χ3v) is 2.76. The summed E-state index contributed by atoms with van der Waals surface area (Å²) in [6.07, 6.45) is 1.40. The summed E-state index contributed by atoms with van der Waals surface area (Å²) in [5.74, 6) is 0.927. The van der Waals surface area contributed by atoms with Gasteiger partial charge in [-0.05, 0) is 24.3 Å². The third-order valence-electron chi connectivity index (χ3n) is 2.76. The van der Waals surface area contributed by atoms with Crippen LogP contribution in [0.1, 0.15) is 10.4 Å². The van der Waals surface area contributed by atoms with Gasteiger partial charge in [0.05, 0.1) is 19.9 Å². The van der Waals surface area contributed by atoms with Crippen molar-refractivity contribution in [2.75, 3.05) is 27.4 Å². The van der Waals surface area contributed by atoms with Crippen LogP contribution in [0, 0.1) is 0 Å². The maximum atomic E-state index is 12.0. The van der Waals surface area contributed by atoms with E-state index in [9.17, 15) is 4.79 Å². The Morgan fingerprint density at radius 1 is 1.30 bits per heavy atom. The molecule has 20 heavy (non-hydrogen) atoms. The number of aromatic nitrogens is 1. The summed E-state index contributed by atoms with van der Waals surface area (Å²) in [7, 11) is 3.17. The summed E-state index contributed by atoms with van der Waals surface area (Å²) in [6, 6.07) is 7.21. The van der Waals surface area contributed by atoms with E-state index in [0.29, 0.717) is 24.5 Å². The highest BCUT2D eigenvalue weighted by Gasteiger charge is 2.17. The molecule has 1 amide bonds. The highest BCUT2D eigenvalue weighted by molar-refractivity contribution is 5.99. The van der Waals surface area contributed by atoms with Crippen molar-refractivity contribution in [2.45, 2.75) is 0 Å². The molecule has 6 nitrogen and oxygen atoms in total. The van der Waals surface area contributed by atoms with Gasteiger partial charge in [-0.1, -0.05) is 5.16 Å². The van der Waals surface area contributed by atoms with Gasteiger partial charge in [-0.15, -0.1) is 0 Å². The fourth-order valence-corrected chi connectivity index (χ4v) is 1.71. The number of hydrogen-bond donors (Lipinski definition) is 1. The lowest BCUT2D eigenvalue weighted by Crippen LogP contribution is -2.26. The van der Waals surface area contributed by atoms with Gasteiger partial charge in [0.15, 0.2) is 5.76 Å². The van der Waals surface area contributed by atoms with Crippen molar-refractivity contribution in [3.8, 4) is 17.1 Å². The minimum atomic E-state index is -0.242. The number of amides is 1. The normalized spacial score (nSPS) is 10.3. The maximum Gasteiger partial charge on any atom is 0.256 e. The van der Waals surface area contributed by atoms with Crippen LogP contribution in [-0.4, -0.2) is 38.4 Å². The topological polar surface area (TPSA) is 73.6 Å². The molecule has 0 saturated carbocycles. The Morgan fingerprint density at radius 2 is 2.05 bits per heavy atom. The van der Waals surface area contributed by atoms with Crippen molar-refractivity contribution in [1.82, 2.24) is 10.5 Å². The first-order valence-electron chi connectivity index (χ1n) is 6.12.